The molecule has 3 N–H and O–H groups in total. The average Bonchev–Trinajstić information content (AvgIpc) is 3.09. The Morgan fingerprint density at radius 1 is 1.36 bits per heavy atom. The van der Waals surface area contributed by atoms with Gasteiger partial charge >= 0.3 is 5.97 Å². The maximum Gasteiger partial charge on any atom is 0.321 e. The number of hydrogen-bond donors (Lipinski definition) is 3. The molecular weight excluding hydrogens is 280 g/mol. The van der Waals surface area contributed by atoms with Gasteiger partial charge in [0.2, 0.25) is 0 Å². The van der Waals surface area contributed by atoms with Gasteiger partial charge in [0.05, 0.1) is 11.7 Å². The van der Waals surface area contributed by atoms with Crippen LogP contribution in [0.4, 0.5) is 0 Å². The third kappa shape index (κ3) is 1.92. The van der Waals surface area contributed by atoms with Crippen molar-refractivity contribution < 1.29 is 9.90 Å². The van der Waals surface area contributed by atoms with Gasteiger partial charge in [-0.3, -0.25) is 14.8 Å². The number of hydrogen-bond acceptors (Lipinski definition) is 3. The van der Waals surface area contributed by atoms with Crippen LogP contribution in [0.5, 0.6) is 0 Å². The lowest BCUT2D eigenvalue weighted by molar-refractivity contribution is -0.139. The molecule has 0 saturated carbocycles. The van der Waals surface area contributed by atoms with Crippen molar-refractivity contribution in [2.24, 2.45) is 7.05 Å². The Morgan fingerprint density at radius 2 is 2.18 bits per heavy atom. The second-order valence-corrected chi connectivity index (χ2v) is 5.67. The molecule has 0 amide bonds. The van der Waals surface area contributed by atoms with Gasteiger partial charge in [-0.15, -0.1) is 0 Å². The number of carbonyl (C=O) groups is 1. The number of aromatic amines is 1. The Kier molecular flexibility index (Phi) is 2.80. The third-order valence-corrected chi connectivity index (χ3v) is 4.24. The molecule has 0 saturated heterocycles. The molecule has 22 heavy (non-hydrogen) atoms. The van der Waals surface area contributed by atoms with Crippen LogP contribution in [0.3, 0.4) is 0 Å². The molecule has 0 fully saturated rings. The van der Waals surface area contributed by atoms with Crippen molar-refractivity contribution in [2.75, 3.05) is 0 Å². The van der Waals surface area contributed by atoms with Crippen molar-refractivity contribution in [1.82, 2.24) is 20.1 Å². The molecule has 1 aromatic carbocycles. The van der Waals surface area contributed by atoms with Gasteiger partial charge in [0.1, 0.15) is 6.04 Å². The highest BCUT2D eigenvalue weighted by Gasteiger charge is 2.34. The van der Waals surface area contributed by atoms with Crippen molar-refractivity contribution >= 4 is 16.9 Å². The number of fused-ring (bicyclic) bond motifs is 3. The summed E-state index contributed by atoms with van der Waals surface area (Å²) < 4.78 is 1.73. The number of nitrogens with one attached hydrogen (secondary N) is 2. The average molecular weight is 296 g/mol. The van der Waals surface area contributed by atoms with E-state index < -0.39 is 12.0 Å². The van der Waals surface area contributed by atoms with Crippen LogP contribution in [0.1, 0.15) is 23.0 Å². The molecule has 0 unspecified atom stereocenters. The minimum Gasteiger partial charge on any atom is -0.480 e. The van der Waals surface area contributed by atoms with E-state index in [4.69, 9.17) is 0 Å². The van der Waals surface area contributed by atoms with E-state index in [9.17, 15) is 9.90 Å². The molecule has 0 aliphatic carbocycles. The van der Waals surface area contributed by atoms with Crippen LogP contribution in [-0.4, -0.2) is 31.9 Å². The molecule has 1 aliphatic heterocycles. The summed E-state index contributed by atoms with van der Waals surface area (Å²) in [6.07, 6.45) is 2.34. The first-order chi connectivity index (χ1) is 10.6. The van der Waals surface area contributed by atoms with Crippen LogP contribution in [0, 0.1) is 0 Å². The van der Waals surface area contributed by atoms with E-state index in [2.05, 4.69) is 15.4 Å². The van der Waals surface area contributed by atoms with Crippen LogP contribution in [0.25, 0.3) is 10.9 Å². The Bertz CT molecular complexity index is 864. The van der Waals surface area contributed by atoms with E-state index in [-0.39, 0.29) is 6.04 Å². The number of carboxylic acids is 1. The number of benzene rings is 1. The van der Waals surface area contributed by atoms with Gasteiger partial charge in [-0.1, -0.05) is 18.2 Å². The molecule has 112 valence electrons. The second kappa shape index (κ2) is 4.71. The molecule has 4 rings (SSSR count). The van der Waals surface area contributed by atoms with Gasteiger partial charge in [0, 0.05) is 36.3 Å². The molecule has 0 bridgehead atoms. The lowest BCUT2D eigenvalue weighted by Gasteiger charge is -2.28. The van der Waals surface area contributed by atoms with Crippen LogP contribution < -0.4 is 5.32 Å². The number of carboxylic acid groups (broad SMARTS) is 1. The van der Waals surface area contributed by atoms with Crippen molar-refractivity contribution in [1.29, 1.82) is 0 Å². The molecule has 0 spiro atoms. The van der Waals surface area contributed by atoms with Gasteiger partial charge in [-0.25, -0.2) is 0 Å². The molecule has 1 aliphatic rings. The number of aliphatic carboxylic acids is 1. The zero-order valence-electron chi connectivity index (χ0n) is 12.1. The second-order valence-electron chi connectivity index (χ2n) is 5.67. The predicted octanol–water partition coefficient (Wildman–Crippen LogP) is 1.59. The summed E-state index contributed by atoms with van der Waals surface area (Å²) in [4.78, 5) is 14.9. The predicted molar refractivity (Wildman–Crippen MR) is 81.6 cm³/mol. The van der Waals surface area contributed by atoms with Gasteiger partial charge in [0.25, 0.3) is 0 Å². The van der Waals surface area contributed by atoms with Crippen molar-refractivity contribution in [3.63, 3.8) is 0 Å². The van der Waals surface area contributed by atoms with Crippen molar-refractivity contribution in [3.05, 3.63) is 53.5 Å². The van der Waals surface area contributed by atoms with Crippen molar-refractivity contribution in [2.45, 2.75) is 18.5 Å². The molecule has 3 aromatic rings. The van der Waals surface area contributed by atoms with E-state index in [1.54, 1.807) is 4.68 Å². The lowest BCUT2D eigenvalue weighted by atomic mass is 9.92. The monoisotopic (exact) mass is 296 g/mol. The Morgan fingerprint density at radius 3 is 2.91 bits per heavy atom. The Hall–Kier alpha value is -2.60. The Balaban J connectivity index is 1.91. The molecule has 0 radical (unpaired) electrons. The first-order valence-corrected chi connectivity index (χ1v) is 7.21. The summed E-state index contributed by atoms with van der Waals surface area (Å²) in [5.41, 5.74) is 3.93. The maximum atomic E-state index is 11.5. The maximum absolute atomic E-state index is 11.5. The number of nitrogens with zero attached hydrogens (tertiary/aromatic N) is 2. The topological polar surface area (TPSA) is 82.9 Å². The minimum atomic E-state index is -0.836. The lowest BCUT2D eigenvalue weighted by Crippen LogP contribution is -2.45. The fraction of sp³-hybridized carbons (Fsp3) is 0.250. The van der Waals surface area contributed by atoms with E-state index >= 15 is 0 Å². The SMILES string of the molecule is Cn1ccc([C@@H]2N[C@H](C(=O)O)Cc3c2[nH]c2ccccc32)n1. The number of aromatic nitrogens is 3. The number of H-pyrrole nitrogens is 1. The van der Waals surface area contributed by atoms with E-state index in [0.717, 1.165) is 27.9 Å². The minimum absolute atomic E-state index is 0.238. The molecule has 2 atom stereocenters. The van der Waals surface area contributed by atoms with Gasteiger partial charge in [0.15, 0.2) is 0 Å². The molecule has 6 heteroatoms. The Labute approximate surface area is 126 Å². The van der Waals surface area contributed by atoms with Crippen LogP contribution >= 0.6 is 0 Å². The zero-order valence-corrected chi connectivity index (χ0v) is 12.1. The largest absolute Gasteiger partial charge is 0.480 e. The highest BCUT2D eigenvalue weighted by molar-refractivity contribution is 5.87. The summed E-state index contributed by atoms with van der Waals surface area (Å²) in [6, 6.07) is 9.06. The van der Waals surface area contributed by atoms with Gasteiger partial charge in [-0.2, -0.15) is 5.10 Å². The fourth-order valence-electron chi connectivity index (χ4n) is 3.21. The number of para-hydroxylation sites is 1. The van der Waals surface area contributed by atoms with E-state index in [1.165, 1.54) is 0 Å². The van der Waals surface area contributed by atoms with E-state index in [1.807, 2.05) is 43.6 Å². The molecule has 6 nitrogen and oxygen atoms in total. The van der Waals surface area contributed by atoms with Crippen molar-refractivity contribution in [3.8, 4) is 0 Å². The third-order valence-electron chi connectivity index (χ3n) is 4.24. The van der Waals surface area contributed by atoms with Crippen LogP contribution in [0.15, 0.2) is 36.5 Å². The highest BCUT2D eigenvalue weighted by Crippen LogP contribution is 2.34. The first kappa shape index (κ1) is 13.1. The summed E-state index contributed by atoms with van der Waals surface area (Å²) in [7, 11) is 1.85. The fourth-order valence-corrected chi connectivity index (χ4v) is 3.21. The number of aryl methyl sites for hydroxylation is 1. The highest BCUT2D eigenvalue weighted by atomic mass is 16.4. The van der Waals surface area contributed by atoms with Gasteiger partial charge in [-0.05, 0) is 17.7 Å². The number of rotatable bonds is 2. The molecule has 2 aromatic heterocycles. The normalized spacial score (nSPS) is 21.0. The summed E-state index contributed by atoms with van der Waals surface area (Å²) in [5.74, 6) is -0.836. The van der Waals surface area contributed by atoms with Crippen LogP contribution in [-0.2, 0) is 18.3 Å². The van der Waals surface area contributed by atoms with Crippen LogP contribution in [0.2, 0.25) is 0 Å². The molecular formula is C16H16N4O2. The quantitative estimate of drug-likeness (QED) is 0.670. The standard InChI is InChI=1S/C16H16N4O2/c1-20-7-6-12(19-20)15-14-10(8-13(18-15)16(21)22)9-4-2-3-5-11(9)17-14/h2-7,13,15,17-18H,8H2,1H3,(H,21,22)/t13-,15-/m0/s1. The van der Waals surface area contributed by atoms with E-state index in [0.29, 0.717) is 6.42 Å². The summed E-state index contributed by atoms with van der Waals surface area (Å²) >= 11 is 0. The summed E-state index contributed by atoms with van der Waals surface area (Å²) in [6.45, 7) is 0. The smallest absolute Gasteiger partial charge is 0.321 e. The molecule has 3 heterocycles. The zero-order chi connectivity index (χ0) is 15.3. The first-order valence-electron chi connectivity index (χ1n) is 7.21. The van der Waals surface area contributed by atoms with Gasteiger partial charge < -0.3 is 10.1 Å². The summed E-state index contributed by atoms with van der Waals surface area (Å²) in [5, 5.41) is 18.2.